The topological polar surface area (TPSA) is 75.5 Å². The van der Waals surface area contributed by atoms with E-state index in [1.54, 1.807) is 10.6 Å². The molecule has 3 fully saturated rings. The Morgan fingerprint density at radius 2 is 1.74 bits per heavy atom. The number of fused-ring (bicyclic) bond motifs is 11. The standard InChI is InChI=1S/C30H23BrN4O3/c1-16-12-13-22(19(31)15-16)34-27(37)24-23-11-6-14-33(23)30(25(24)28(34)38)18-8-3-5-10-21(18)35-26(36)17-7-2-4-9-20(17)32-29(30)35/h2-5,7-10,12-13,15,23-25H,6,11,14H2,1H3/t23-,24+,25+,30-/m0/s1. The van der Waals surface area contributed by atoms with Gasteiger partial charge in [-0.2, -0.15) is 0 Å². The van der Waals surface area contributed by atoms with Crippen molar-refractivity contribution < 1.29 is 9.59 Å². The highest BCUT2D eigenvalue weighted by molar-refractivity contribution is 9.10. The van der Waals surface area contributed by atoms with Gasteiger partial charge < -0.3 is 0 Å². The van der Waals surface area contributed by atoms with Crippen molar-refractivity contribution in [2.45, 2.75) is 31.3 Å². The van der Waals surface area contributed by atoms with Gasteiger partial charge in [-0.25, -0.2) is 9.88 Å². The van der Waals surface area contributed by atoms with E-state index in [-0.39, 0.29) is 23.4 Å². The molecule has 0 saturated carbocycles. The van der Waals surface area contributed by atoms with Crippen LogP contribution in [0.2, 0.25) is 0 Å². The molecule has 0 bridgehead atoms. The molecule has 0 unspecified atom stereocenters. The summed E-state index contributed by atoms with van der Waals surface area (Å²) in [6.45, 7) is 2.71. The van der Waals surface area contributed by atoms with Gasteiger partial charge in [-0.15, -0.1) is 0 Å². The fourth-order valence-electron chi connectivity index (χ4n) is 7.64. The second-order valence-electron chi connectivity index (χ2n) is 10.7. The van der Waals surface area contributed by atoms with Crippen LogP contribution in [0.25, 0.3) is 16.6 Å². The molecule has 4 aromatic rings. The summed E-state index contributed by atoms with van der Waals surface area (Å²) in [6, 6.07) is 20.7. The highest BCUT2D eigenvalue weighted by atomic mass is 79.9. The number of nitrogens with zero attached hydrogens (tertiary/aromatic N) is 4. The zero-order valence-corrected chi connectivity index (χ0v) is 22.2. The van der Waals surface area contributed by atoms with E-state index in [0.717, 1.165) is 36.2 Å². The highest BCUT2D eigenvalue weighted by Gasteiger charge is 2.73. The third kappa shape index (κ3) is 2.48. The number of aryl methyl sites for hydroxylation is 1. The van der Waals surface area contributed by atoms with E-state index in [1.807, 2.05) is 67.6 Å². The molecule has 4 aliphatic heterocycles. The molecule has 0 aliphatic carbocycles. The molecule has 7 nitrogen and oxygen atoms in total. The molecule has 1 aromatic heterocycles. The van der Waals surface area contributed by atoms with E-state index in [2.05, 4.69) is 20.8 Å². The Labute approximate surface area is 226 Å². The first kappa shape index (κ1) is 22.4. The van der Waals surface area contributed by atoms with Crippen molar-refractivity contribution >= 4 is 44.3 Å². The lowest BCUT2D eigenvalue weighted by atomic mass is 9.75. The average Bonchev–Trinajstić information content (AvgIpc) is 3.62. The summed E-state index contributed by atoms with van der Waals surface area (Å²) >= 11 is 3.60. The molecule has 8 heteroatoms. The highest BCUT2D eigenvalue weighted by Crippen LogP contribution is 2.62. The first-order chi connectivity index (χ1) is 18.4. The summed E-state index contributed by atoms with van der Waals surface area (Å²) in [5.74, 6) is -1.05. The SMILES string of the molecule is Cc1ccc(N2C(=O)[C@@H]3[C@@H]4CCCN4[C@@]4(c5ccccc5-n5c4nc4ccccc4c5=O)[C@H]3C2=O)c(Br)c1. The second-order valence-corrected chi connectivity index (χ2v) is 11.6. The molecule has 3 saturated heterocycles. The Hall–Kier alpha value is -3.62. The van der Waals surface area contributed by atoms with Gasteiger partial charge in [0.1, 0.15) is 11.4 Å². The molecule has 5 heterocycles. The van der Waals surface area contributed by atoms with Gasteiger partial charge in [0.2, 0.25) is 11.8 Å². The van der Waals surface area contributed by atoms with Crippen LogP contribution in [0, 0.1) is 18.8 Å². The number of hydrogen-bond acceptors (Lipinski definition) is 5. The van der Waals surface area contributed by atoms with Crippen molar-refractivity contribution in [1.82, 2.24) is 14.5 Å². The maximum Gasteiger partial charge on any atom is 0.266 e. The van der Waals surface area contributed by atoms with E-state index in [0.29, 0.717) is 26.9 Å². The summed E-state index contributed by atoms with van der Waals surface area (Å²) in [6.07, 6.45) is 1.75. The maximum absolute atomic E-state index is 14.5. The van der Waals surface area contributed by atoms with Gasteiger partial charge in [-0.1, -0.05) is 36.4 Å². The lowest BCUT2D eigenvalue weighted by Gasteiger charge is -2.38. The first-order valence-electron chi connectivity index (χ1n) is 13.0. The fourth-order valence-corrected chi connectivity index (χ4v) is 8.31. The molecule has 38 heavy (non-hydrogen) atoms. The predicted molar refractivity (Wildman–Crippen MR) is 146 cm³/mol. The number of carbonyl (C=O) groups excluding carboxylic acids is 2. The van der Waals surface area contributed by atoms with Crippen LogP contribution in [0.15, 0.2) is 76.0 Å². The van der Waals surface area contributed by atoms with Crippen LogP contribution < -0.4 is 10.5 Å². The molecule has 8 rings (SSSR count). The molecule has 2 amide bonds. The third-order valence-electron chi connectivity index (χ3n) is 8.98. The van der Waals surface area contributed by atoms with Gasteiger partial charge in [0, 0.05) is 16.1 Å². The summed E-state index contributed by atoms with van der Waals surface area (Å²) < 4.78 is 2.40. The molecule has 4 aliphatic rings. The zero-order valence-electron chi connectivity index (χ0n) is 20.6. The van der Waals surface area contributed by atoms with E-state index in [9.17, 15) is 14.4 Å². The van der Waals surface area contributed by atoms with E-state index in [4.69, 9.17) is 4.98 Å². The minimum Gasteiger partial charge on any atom is -0.283 e. The van der Waals surface area contributed by atoms with Crippen molar-refractivity contribution in [1.29, 1.82) is 0 Å². The maximum atomic E-state index is 14.5. The number of para-hydroxylation sites is 2. The van der Waals surface area contributed by atoms with Gasteiger partial charge in [0.25, 0.3) is 5.56 Å². The van der Waals surface area contributed by atoms with E-state index < -0.39 is 17.4 Å². The minimum atomic E-state index is -0.996. The van der Waals surface area contributed by atoms with Crippen LogP contribution in [0.5, 0.6) is 0 Å². The number of halogens is 1. The normalized spacial score (nSPS) is 27.3. The van der Waals surface area contributed by atoms with Gasteiger partial charge in [0.05, 0.1) is 34.1 Å². The average molecular weight is 567 g/mol. The Balaban J connectivity index is 1.45. The van der Waals surface area contributed by atoms with Gasteiger partial charge in [0.15, 0.2) is 0 Å². The lowest BCUT2D eigenvalue weighted by molar-refractivity contribution is -0.124. The van der Waals surface area contributed by atoms with Crippen LogP contribution in [0.4, 0.5) is 5.69 Å². The number of carbonyl (C=O) groups is 2. The van der Waals surface area contributed by atoms with Crippen LogP contribution in [-0.2, 0) is 15.1 Å². The number of hydrogen-bond donors (Lipinski definition) is 0. The van der Waals surface area contributed by atoms with E-state index >= 15 is 0 Å². The lowest BCUT2D eigenvalue weighted by Crippen LogP contribution is -2.51. The van der Waals surface area contributed by atoms with E-state index in [1.165, 1.54) is 4.90 Å². The van der Waals surface area contributed by atoms with Gasteiger partial charge >= 0.3 is 0 Å². The summed E-state index contributed by atoms with van der Waals surface area (Å²) in [7, 11) is 0. The van der Waals surface area contributed by atoms with Crippen molar-refractivity contribution in [3.8, 4) is 5.69 Å². The molecule has 3 aromatic carbocycles. The molecule has 4 atom stereocenters. The summed E-state index contributed by atoms with van der Waals surface area (Å²) in [5.41, 5.74) is 2.68. The number of aromatic nitrogens is 2. The van der Waals surface area contributed by atoms with Crippen LogP contribution >= 0.6 is 15.9 Å². The number of amides is 2. The van der Waals surface area contributed by atoms with Crippen LogP contribution in [-0.4, -0.2) is 38.9 Å². The van der Waals surface area contributed by atoms with Gasteiger partial charge in [-0.3, -0.25) is 23.9 Å². The number of rotatable bonds is 1. The van der Waals surface area contributed by atoms with Gasteiger partial charge in [-0.05, 0) is 78.1 Å². The Kier molecular flexibility index (Phi) is 4.41. The molecule has 0 N–H and O–H groups in total. The number of benzene rings is 3. The summed E-state index contributed by atoms with van der Waals surface area (Å²) in [4.78, 5) is 51.5. The molecule has 188 valence electrons. The monoisotopic (exact) mass is 566 g/mol. The Morgan fingerprint density at radius 1 is 0.947 bits per heavy atom. The van der Waals surface area contributed by atoms with Crippen molar-refractivity contribution in [3.63, 3.8) is 0 Å². The molecule has 0 radical (unpaired) electrons. The van der Waals surface area contributed by atoms with Crippen LogP contribution in [0.1, 0.15) is 29.8 Å². The van der Waals surface area contributed by atoms with Crippen molar-refractivity contribution in [2.75, 3.05) is 11.4 Å². The fraction of sp³-hybridized carbons (Fsp3) is 0.267. The smallest absolute Gasteiger partial charge is 0.266 e. The van der Waals surface area contributed by atoms with Crippen molar-refractivity contribution in [3.05, 3.63) is 98.5 Å². The number of anilines is 1. The molecular weight excluding hydrogens is 544 g/mol. The predicted octanol–water partition coefficient (Wildman–Crippen LogP) is 4.30. The summed E-state index contributed by atoms with van der Waals surface area (Å²) in [5, 5.41) is 0.537. The zero-order chi connectivity index (χ0) is 25.9. The molecular formula is C30H23BrN4O3. The largest absolute Gasteiger partial charge is 0.283 e. The second kappa shape index (κ2) is 7.48. The number of imide groups is 1. The minimum absolute atomic E-state index is 0.103. The molecule has 1 spiro atoms. The Morgan fingerprint density at radius 3 is 2.58 bits per heavy atom. The first-order valence-corrected chi connectivity index (χ1v) is 13.8. The van der Waals surface area contributed by atoms with Crippen molar-refractivity contribution in [2.24, 2.45) is 11.8 Å². The Bertz CT molecular complexity index is 1800. The quantitative estimate of drug-likeness (QED) is 0.321. The third-order valence-corrected chi connectivity index (χ3v) is 9.62. The van der Waals surface area contributed by atoms with Crippen LogP contribution in [0.3, 0.4) is 0 Å².